The number of nitrogens with two attached hydrogens (primary N) is 1. The summed E-state index contributed by atoms with van der Waals surface area (Å²) in [6.07, 6.45) is 0. The zero-order valence-corrected chi connectivity index (χ0v) is 11.9. The smallest absolute Gasteiger partial charge is 0.247 e. The van der Waals surface area contributed by atoms with Crippen LogP contribution in [0, 0.1) is 6.92 Å². The molecule has 2 atom stereocenters. The first kappa shape index (κ1) is 12.4. The molecule has 0 bridgehead atoms. The molecular weight excluding hydrogens is 308 g/mol. The zero-order valence-electron chi connectivity index (χ0n) is 10.3. The Morgan fingerprint density at radius 2 is 1.89 bits per heavy atom. The number of nitrogens with zero attached hydrogens (tertiary/aromatic N) is 1. The van der Waals surface area contributed by atoms with Crippen LogP contribution in [0.2, 0.25) is 0 Å². The van der Waals surface area contributed by atoms with Crippen LogP contribution in [0.5, 0.6) is 0 Å². The molecule has 2 aromatic rings. The van der Waals surface area contributed by atoms with Crippen LogP contribution in [0.1, 0.15) is 17.6 Å². The van der Waals surface area contributed by atoms with Gasteiger partial charge in [-0.2, -0.15) is 0 Å². The monoisotopic (exact) mass is 320 g/mol. The third-order valence-corrected chi connectivity index (χ3v) is 3.83. The molecule has 1 amide bonds. The summed E-state index contributed by atoms with van der Waals surface area (Å²) in [4.78, 5) is 13.7. The predicted octanol–water partition coefficient (Wildman–Crippen LogP) is 2.77. The summed E-state index contributed by atoms with van der Waals surface area (Å²) >= 11 is 3.38. The molecule has 0 radical (unpaired) electrons. The number of β-lactam (4-membered cyclic amide) rings is 1. The summed E-state index contributed by atoms with van der Waals surface area (Å²) in [5.74, 6) is 1.46. The van der Waals surface area contributed by atoms with Gasteiger partial charge in [0, 0.05) is 10.2 Å². The number of carbonyl (C=O) groups excluding carboxylic acids is 1. The summed E-state index contributed by atoms with van der Waals surface area (Å²) in [5, 5.41) is 0. The minimum Gasteiger partial charge on any atom is -0.464 e. The molecule has 1 aromatic carbocycles. The molecule has 1 fully saturated rings. The second-order valence-corrected chi connectivity index (χ2v) is 5.52. The van der Waals surface area contributed by atoms with Gasteiger partial charge < -0.3 is 10.2 Å². The molecule has 98 valence electrons. The van der Waals surface area contributed by atoms with Crippen molar-refractivity contribution >= 4 is 27.5 Å². The molecule has 5 heteroatoms. The van der Waals surface area contributed by atoms with Gasteiger partial charge in [-0.25, -0.2) is 0 Å². The van der Waals surface area contributed by atoms with Crippen LogP contribution >= 0.6 is 15.9 Å². The third kappa shape index (κ3) is 1.99. The summed E-state index contributed by atoms with van der Waals surface area (Å²) in [5.41, 5.74) is 6.73. The SMILES string of the molecule is Cc1ccc(C2C(N)C(=O)N2c2ccc(Br)cc2)o1. The average molecular weight is 321 g/mol. The average Bonchev–Trinajstić information content (AvgIpc) is 2.82. The maximum absolute atomic E-state index is 12.0. The van der Waals surface area contributed by atoms with Crippen LogP contribution in [0.15, 0.2) is 45.3 Å². The molecule has 3 rings (SSSR count). The standard InChI is InChI=1S/C14H13BrN2O2/c1-8-2-7-11(19-8)13-12(16)14(18)17(13)10-5-3-9(15)4-6-10/h2-7,12-13H,16H2,1H3. The Bertz CT molecular complexity index is 621. The fourth-order valence-electron chi connectivity index (χ4n) is 2.32. The lowest BCUT2D eigenvalue weighted by molar-refractivity contribution is -0.126. The van der Waals surface area contributed by atoms with E-state index in [1.165, 1.54) is 0 Å². The van der Waals surface area contributed by atoms with E-state index in [4.69, 9.17) is 10.2 Å². The molecule has 4 nitrogen and oxygen atoms in total. The lowest BCUT2D eigenvalue weighted by Gasteiger charge is -2.44. The van der Waals surface area contributed by atoms with E-state index >= 15 is 0 Å². The summed E-state index contributed by atoms with van der Waals surface area (Å²) < 4.78 is 6.57. The van der Waals surface area contributed by atoms with Crippen molar-refractivity contribution in [1.29, 1.82) is 0 Å². The highest BCUT2D eigenvalue weighted by atomic mass is 79.9. The van der Waals surface area contributed by atoms with Gasteiger partial charge in [-0.3, -0.25) is 9.69 Å². The first-order chi connectivity index (χ1) is 9.08. The number of amides is 1. The van der Waals surface area contributed by atoms with Gasteiger partial charge in [0.05, 0.1) is 0 Å². The third-order valence-electron chi connectivity index (χ3n) is 3.30. The number of rotatable bonds is 2. The Kier molecular flexibility index (Phi) is 2.95. The minimum atomic E-state index is -0.533. The molecule has 2 unspecified atom stereocenters. The lowest BCUT2D eigenvalue weighted by Crippen LogP contribution is -2.63. The minimum absolute atomic E-state index is 0.0821. The number of halogens is 1. The van der Waals surface area contributed by atoms with E-state index in [0.29, 0.717) is 0 Å². The van der Waals surface area contributed by atoms with Crippen LogP contribution < -0.4 is 10.6 Å². The van der Waals surface area contributed by atoms with Crippen molar-refractivity contribution < 1.29 is 9.21 Å². The highest BCUT2D eigenvalue weighted by Crippen LogP contribution is 2.38. The largest absolute Gasteiger partial charge is 0.464 e. The molecule has 2 N–H and O–H groups in total. The van der Waals surface area contributed by atoms with Crippen LogP contribution in [-0.2, 0) is 4.79 Å². The van der Waals surface area contributed by atoms with E-state index in [1.807, 2.05) is 43.3 Å². The second kappa shape index (κ2) is 4.51. The van der Waals surface area contributed by atoms with E-state index in [1.54, 1.807) is 4.90 Å². The van der Waals surface area contributed by atoms with Crippen molar-refractivity contribution in [1.82, 2.24) is 0 Å². The van der Waals surface area contributed by atoms with E-state index < -0.39 is 6.04 Å². The van der Waals surface area contributed by atoms with Crippen molar-refractivity contribution in [2.75, 3.05) is 4.90 Å². The van der Waals surface area contributed by atoms with Crippen LogP contribution in [0.25, 0.3) is 0 Å². The normalized spacial score (nSPS) is 22.5. The topological polar surface area (TPSA) is 59.5 Å². The molecule has 0 saturated carbocycles. The molecule has 19 heavy (non-hydrogen) atoms. The number of aryl methyl sites for hydroxylation is 1. The van der Waals surface area contributed by atoms with Crippen molar-refractivity contribution in [3.05, 3.63) is 52.4 Å². The Morgan fingerprint density at radius 1 is 1.21 bits per heavy atom. The van der Waals surface area contributed by atoms with Gasteiger partial charge in [-0.05, 0) is 43.3 Å². The molecule has 0 aliphatic carbocycles. The van der Waals surface area contributed by atoms with Crippen LogP contribution in [-0.4, -0.2) is 11.9 Å². The Hall–Kier alpha value is -1.59. The molecule has 1 aliphatic rings. The first-order valence-electron chi connectivity index (χ1n) is 5.98. The Morgan fingerprint density at radius 3 is 2.47 bits per heavy atom. The fourth-order valence-corrected chi connectivity index (χ4v) is 2.58. The van der Waals surface area contributed by atoms with Crippen molar-refractivity contribution in [2.24, 2.45) is 5.73 Å². The number of hydrogen-bond acceptors (Lipinski definition) is 3. The molecule has 0 spiro atoms. The summed E-state index contributed by atoms with van der Waals surface area (Å²) in [6.45, 7) is 1.87. The van der Waals surface area contributed by atoms with Gasteiger partial charge in [0.25, 0.3) is 0 Å². The molecule has 2 heterocycles. The quantitative estimate of drug-likeness (QED) is 0.865. The Balaban J connectivity index is 1.95. The van der Waals surface area contributed by atoms with Crippen molar-refractivity contribution in [3.63, 3.8) is 0 Å². The summed E-state index contributed by atoms with van der Waals surface area (Å²) in [6, 6.07) is 10.6. The summed E-state index contributed by atoms with van der Waals surface area (Å²) in [7, 11) is 0. The van der Waals surface area contributed by atoms with Gasteiger partial charge in [-0.15, -0.1) is 0 Å². The maximum atomic E-state index is 12.0. The second-order valence-electron chi connectivity index (χ2n) is 4.60. The molecule has 1 aromatic heterocycles. The van der Waals surface area contributed by atoms with E-state index in [-0.39, 0.29) is 11.9 Å². The lowest BCUT2D eigenvalue weighted by atomic mass is 9.92. The van der Waals surface area contributed by atoms with Crippen molar-refractivity contribution in [2.45, 2.75) is 19.0 Å². The number of benzene rings is 1. The van der Waals surface area contributed by atoms with Crippen LogP contribution in [0.3, 0.4) is 0 Å². The zero-order chi connectivity index (χ0) is 13.6. The van der Waals surface area contributed by atoms with E-state index in [2.05, 4.69) is 15.9 Å². The fraction of sp³-hybridized carbons (Fsp3) is 0.214. The van der Waals surface area contributed by atoms with Gasteiger partial charge in [0.1, 0.15) is 23.6 Å². The number of carbonyl (C=O) groups is 1. The molecule has 1 saturated heterocycles. The first-order valence-corrected chi connectivity index (χ1v) is 6.78. The Labute approximate surface area is 119 Å². The van der Waals surface area contributed by atoms with Gasteiger partial charge in [0.2, 0.25) is 5.91 Å². The number of furan rings is 1. The predicted molar refractivity (Wildman–Crippen MR) is 75.8 cm³/mol. The van der Waals surface area contributed by atoms with Gasteiger partial charge in [0.15, 0.2) is 0 Å². The van der Waals surface area contributed by atoms with Crippen LogP contribution in [0.4, 0.5) is 5.69 Å². The number of anilines is 1. The van der Waals surface area contributed by atoms with Gasteiger partial charge in [-0.1, -0.05) is 15.9 Å². The van der Waals surface area contributed by atoms with Crippen molar-refractivity contribution in [3.8, 4) is 0 Å². The number of hydrogen-bond donors (Lipinski definition) is 1. The molecule has 1 aliphatic heterocycles. The van der Waals surface area contributed by atoms with E-state index in [9.17, 15) is 4.79 Å². The van der Waals surface area contributed by atoms with E-state index in [0.717, 1.165) is 21.7 Å². The highest BCUT2D eigenvalue weighted by Gasteiger charge is 2.48. The maximum Gasteiger partial charge on any atom is 0.247 e. The highest BCUT2D eigenvalue weighted by molar-refractivity contribution is 9.10. The molecular formula is C14H13BrN2O2. The van der Waals surface area contributed by atoms with Gasteiger partial charge >= 0.3 is 0 Å².